The molecule has 3 heteroatoms. The molecule has 18 heavy (non-hydrogen) atoms. The Kier molecular flexibility index (Phi) is 3.80. The molecule has 0 saturated carbocycles. The summed E-state index contributed by atoms with van der Waals surface area (Å²) in [4.78, 5) is 4.63. The van der Waals surface area contributed by atoms with Gasteiger partial charge in [-0.25, -0.2) is 4.98 Å². The number of aryl methyl sites for hydroxylation is 4. The first-order valence-corrected chi connectivity index (χ1v) is 6.30. The summed E-state index contributed by atoms with van der Waals surface area (Å²) in [5.41, 5.74) is 4.47. The summed E-state index contributed by atoms with van der Waals surface area (Å²) < 4.78 is 14.4. The molecule has 0 atom stereocenters. The molecule has 0 aliphatic carbocycles. The van der Waals surface area contributed by atoms with E-state index in [-0.39, 0.29) is 6.67 Å². The van der Waals surface area contributed by atoms with Crippen LogP contribution in [0.3, 0.4) is 0 Å². The summed E-state index contributed by atoms with van der Waals surface area (Å²) in [6, 6.07) is 8.27. The monoisotopic (exact) mass is 246 g/mol. The van der Waals surface area contributed by atoms with Crippen LogP contribution in [0, 0.1) is 20.8 Å². The lowest BCUT2D eigenvalue weighted by Crippen LogP contribution is -2.04. The predicted molar refractivity (Wildman–Crippen MR) is 72.1 cm³/mol. The third-order valence-corrected chi connectivity index (χ3v) is 3.08. The molecular weight excluding hydrogens is 227 g/mol. The van der Waals surface area contributed by atoms with Gasteiger partial charge in [0.15, 0.2) is 0 Å². The molecule has 96 valence electrons. The molecule has 0 unspecified atom stereocenters. The van der Waals surface area contributed by atoms with Crippen LogP contribution >= 0.6 is 0 Å². The van der Waals surface area contributed by atoms with E-state index >= 15 is 0 Å². The van der Waals surface area contributed by atoms with Gasteiger partial charge in [0.05, 0.1) is 6.67 Å². The smallest absolute Gasteiger partial charge is 0.137 e. The minimum Gasteiger partial charge on any atom is -0.303 e. The zero-order valence-electron chi connectivity index (χ0n) is 11.2. The van der Waals surface area contributed by atoms with Crippen molar-refractivity contribution < 1.29 is 4.39 Å². The van der Waals surface area contributed by atoms with Crippen molar-refractivity contribution in [3.05, 3.63) is 46.9 Å². The number of hydrogen-bond donors (Lipinski definition) is 0. The van der Waals surface area contributed by atoms with Crippen LogP contribution in [0.15, 0.2) is 24.3 Å². The number of nitrogens with zero attached hydrogens (tertiary/aromatic N) is 2. The first-order valence-electron chi connectivity index (χ1n) is 6.30. The average Bonchev–Trinajstić information content (AvgIpc) is 2.66. The highest BCUT2D eigenvalue weighted by Gasteiger charge is 2.07. The van der Waals surface area contributed by atoms with Gasteiger partial charge in [0.1, 0.15) is 5.82 Å². The van der Waals surface area contributed by atoms with Crippen LogP contribution in [0.4, 0.5) is 4.39 Å². The number of rotatable bonds is 4. The van der Waals surface area contributed by atoms with Crippen LogP contribution in [0.5, 0.6) is 0 Å². The predicted octanol–water partition coefficient (Wildman–Crippen LogP) is 3.70. The van der Waals surface area contributed by atoms with E-state index in [1.807, 2.05) is 6.07 Å². The minimum atomic E-state index is -0.285. The molecule has 0 fully saturated rings. The van der Waals surface area contributed by atoms with Gasteiger partial charge in [0.25, 0.3) is 0 Å². The summed E-state index contributed by atoms with van der Waals surface area (Å²) in [6.45, 7) is 5.90. The highest BCUT2D eigenvalue weighted by Crippen LogP contribution is 2.17. The highest BCUT2D eigenvalue weighted by atomic mass is 19.1. The molecule has 0 bridgehead atoms. The summed E-state index contributed by atoms with van der Waals surface area (Å²) in [6.07, 6.45) is 1.24. The molecule has 0 saturated heterocycles. The lowest BCUT2D eigenvalue weighted by Gasteiger charge is -2.11. The molecule has 0 amide bonds. The topological polar surface area (TPSA) is 17.8 Å². The third kappa shape index (κ3) is 2.61. The van der Waals surface area contributed by atoms with Gasteiger partial charge >= 0.3 is 0 Å². The van der Waals surface area contributed by atoms with Crippen molar-refractivity contribution in [2.24, 2.45) is 0 Å². The fourth-order valence-corrected chi connectivity index (χ4v) is 2.24. The quantitative estimate of drug-likeness (QED) is 0.804. The summed E-state index contributed by atoms with van der Waals surface area (Å²) in [5, 5.41) is 0. The average molecular weight is 246 g/mol. The fraction of sp³-hybridized carbons (Fsp3) is 0.400. The van der Waals surface area contributed by atoms with Gasteiger partial charge in [0, 0.05) is 17.1 Å². The van der Waals surface area contributed by atoms with E-state index in [1.54, 1.807) is 0 Å². The molecule has 0 N–H and O–H groups in total. The Morgan fingerprint density at radius 3 is 2.39 bits per heavy atom. The van der Waals surface area contributed by atoms with Crippen LogP contribution in [0.1, 0.15) is 29.1 Å². The van der Waals surface area contributed by atoms with Crippen molar-refractivity contribution in [1.29, 1.82) is 0 Å². The summed E-state index contributed by atoms with van der Waals surface area (Å²) >= 11 is 0. The van der Waals surface area contributed by atoms with E-state index in [9.17, 15) is 4.39 Å². The van der Waals surface area contributed by atoms with Gasteiger partial charge in [-0.05, 0) is 63.4 Å². The zero-order chi connectivity index (χ0) is 13.1. The summed E-state index contributed by atoms with van der Waals surface area (Å²) in [7, 11) is 0. The maximum atomic E-state index is 12.2. The van der Waals surface area contributed by atoms with Crippen LogP contribution in [0.2, 0.25) is 0 Å². The van der Waals surface area contributed by atoms with Gasteiger partial charge in [-0.2, -0.15) is 0 Å². The van der Waals surface area contributed by atoms with Gasteiger partial charge in [0.2, 0.25) is 0 Å². The van der Waals surface area contributed by atoms with Crippen LogP contribution in [0.25, 0.3) is 5.82 Å². The van der Waals surface area contributed by atoms with Crippen molar-refractivity contribution in [3.63, 3.8) is 0 Å². The molecule has 0 aliphatic heterocycles. The normalized spacial score (nSPS) is 10.9. The zero-order valence-corrected chi connectivity index (χ0v) is 11.2. The van der Waals surface area contributed by atoms with E-state index in [2.05, 4.69) is 48.5 Å². The molecule has 0 radical (unpaired) electrons. The van der Waals surface area contributed by atoms with Gasteiger partial charge < -0.3 is 4.57 Å². The van der Waals surface area contributed by atoms with E-state index in [0.29, 0.717) is 12.8 Å². The number of aromatic nitrogens is 2. The van der Waals surface area contributed by atoms with Gasteiger partial charge in [-0.1, -0.05) is 0 Å². The molecule has 2 rings (SSSR count). The standard InChI is InChI=1S/C15H19FN2/c1-11-9-14(5-4-8-16)17-15(10-11)18-12(2)6-7-13(18)3/h6-7,9-10H,4-5,8H2,1-3H3. The van der Waals surface area contributed by atoms with Crippen LogP contribution in [-0.4, -0.2) is 16.2 Å². The SMILES string of the molecule is Cc1cc(CCCF)nc(-n2c(C)ccc2C)c1. The number of hydrogen-bond acceptors (Lipinski definition) is 1. The maximum absolute atomic E-state index is 12.2. The highest BCUT2D eigenvalue weighted by molar-refractivity contribution is 5.35. The van der Waals surface area contributed by atoms with Gasteiger partial charge in [-0.3, -0.25) is 4.39 Å². The van der Waals surface area contributed by atoms with Crippen molar-refractivity contribution in [1.82, 2.24) is 9.55 Å². The minimum absolute atomic E-state index is 0.285. The molecule has 2 heterocycles. The second-order valence-electron chi connectivity index (χ2n) is 4.74. The van der Waals surface area contributed by atoms with Crippen molar-refractivity contribution in [2.75, 3.05) is 6.67 Å². The van der Waals surface area contributed by atoms with E-state index in [0.717, 1.165) is 11.5 Å². The Balaban J connectivity index is 2.42. The Hall–Kier alpha value is -1.64. The molecule has 0 aliphatic rings. The molecule has 2 nitrogen and oxygen atoms in total. The summed E-state index contributed by atoms with van der Waals surface area (Å²) in [5.74, 6) is 0.934. The largest absolute Gasteiger partial charge is 0.303 e. The van der Waals surface area contributed by atoms with E-state index in [1.165, 1.54) is 17.0 Å². The Bertz CT molecular complexity index is 524. The lowest BCUT2D eigenvalue weighted by molar-refractivity contribution is 0.471. The molecule has 2 aromatic heterocycles. The Morgan fingerprint density at radius 2 is 1.78 bits per heavy atom. The first-order chi connectivity index (χ1) is 8.61. The molecule has 0 aromatic carbocycles. The molecule has 2 aromatic rings. The van der Waals surface area contributed by atoms with Crippen LogP contribution in [-0.2, 0) is 6.42 Å². The Labute approximate surface area is 107 Å². The lowest BCUT2D eigenvalue weighted by atomic mass is 10.2. The molecule has 0 spiro atoms. The number of pyridine rings is 1. The second-order valence-corrected chi connectivity index (χ2v) is 4.74. The first kappa shape index (κ1) is 12.8. The fourth-order valence-electron chi connectivity index (χ4n) is 2.24. The van der Waals surface area contributed by atoms with Gasteiger partial charge in [-0.15, -0.1) is 0 Å². The van der Waals surface area contributed by atoms with Crippen molar-refractivity contribution >= 4 is 0 Å². The third-order valence-electron chi connectivity index (χ3n) is 3.08. The van der Waals surface area contributed by atoms with Crippen LogP contribution < -0.4 is 0 Å². The number of alkyl halides is 1. The van der Waals surface area contributed by atoms with E-state index < -0.39 is 0 Å². The van der Waals surface area contributed by atoms with Crippen molar-refractivity contribution in [3.8, 4) is 5.82 Å². The molecular formula is C15H19FN2. The second kappa shape index (κ2) is 5.34. The Morgan fingerprint density at radius 1 is 1.11 bits per heavy atom. The van der Waals surface area contributed by atoms with Crippen molar-refractivity contribution in [2.45, 2.75) is 33.6 Å². The van der Waals surface area contributed by atoms with E-state index in [4.69, 9.17) is 0 Å². The maximum Gasteiger partial charge on any atom is 0.137 e. The number of halogens is 1.